The van der Waals surface area contributed by atoms with Crippen LogP contribution in [0, 0.1) is 6.92 Å². The lowest BCUT2D eigenvalue weighted by Gasteiger charge is -2.68. The van der Waals surface area contributed by atoms with Crippen LogP contribution in [0.1, 0.15) is 36.5 Å². The maximum absolute atomic E-state index is 12.3. The molecule has 2 aromatic carbocycles. The van der Waals surface area contributed by atoms with Crippen molar-refractivity contribution in [2.75, 3.05) is 6.61 Å². The lowest BCUT2D eigenvalue weighted by atomic mass is 9.39. The standard InChI is InChI=1S/C23H21Cl2N3O4/c1-14-2-5-17(8-18(14)25)30-9-19-26-21(32-28-19)22-11-23(12-22,13-22)27-20(29)10-31-16-6-3-15(24)4-7-16/h2-8H,9-13H2,1H3,(H,27,29). The average molecular weight is 474 g/mol. The molecule has 0 atom stereocenters. The van der Waals surface area contributed by atoms with Crippen LogP contribution in [0.4, 0.5) is 0 Å². The van der Waals surface area contributed by atoms with Gasteiger partial charge in [0.05, 0.1) is 5.41 Å². The summed E-state index contributed by atoms with van der Waals surface area (Å²) in [5.74, 6) is 2.19. The number of nitrogens with zero attached hydrogens (tertiary/aromatic N) is 2. The molecular weight excluding hydrogens is 453 g/mol. The molecule has 1 heterocycles. The molecular formula is C23H21Cl2N3O4. The van der Waals surface area contributed by atoms with Crippen molar-refractivity contribution in [3.8, 4) is 11.5 Å². The minimum Gasteiger partial charge on any atom is -0.485 e. The molecule has 2 bridgehead atoms. The molecule has 0 radical (unpaired) electrons. The van der Waals surface area contributed by atoms with Crippen LogP contribution < -0.4 is 14.8 Å². The third kappa shape index (κ3) is 4.02. The Morgan fingerprint density at radius 1 is 1.09 bits per heavy atom. The molecule has 0 saturated heterocycles. The molecule has 166 valence electrons. The van der Waals surface area contributed by atoms with Gasteiger partial charge in [0.2, 0.25) is 11.7 Å². The van der Waals surface area contributed by atoms with Gasteiger partial charge in [0.25, 0.3) is 5.91 Å². The monoisotopic (exact) mass is 473 g/mol. The smallest absolute Gasteiger partial charge is 0.258 e. The molecule has 9 heteroatoms. The first kappa shape index (κ1) is 21.1. The SMILES string of the molecule is Cc1ccc(OCc2noc(C34CC(NC(=O)COc5ccc(Cl)cc5)(C3)C4)n2)cc1Cl. The van der Waals surface area contributed by atoms with Crippen LogP contribution in [0.5, 0.6) is 11.5 Å². The summed E-state index contributed by atoms with van der Waals surface area (Å²) in [7, 11) is 0. The Morgan fingerprint density at radius 2 is 1.81 bits per heavy atom. The fraction of sp³-hybridized carbons (Fsp3) is 0.348. The van der Waals surface area contributed by atoms with Gasteiger partial charge in [-0.1, -0.05) is 34.4 Å². The number of nitrogens with one attached hydrogen (secondary N) is 1. The fourth-order valence-electron chi connectivity index (χ4n) is 4.50. The van der Waals surface area contributed by atoms with Crippen LogP contribution in [0.2, 0.25) is 10.0 Å². The number of rotatable bonds is 8. The quantitative estimate of drug-likeness (QED) is 0.512. The van der Waals surface area contributed by atoms with Gasteiger partial charge in [-0.15, -0.1) is 0 Å². The first-order chi connectivity index (χ1) is 15.3. The highest BCUT2D eigenvalue weighted by Gasteiger charge is 2.71. The van der Waals surface area contributed by atoms with E-state index in [1.165, 1.54) is 0 Å². The number of aryl methyl sites for hydroxylation is 1. The fourth-order valence-corrected chi connectivity index (χ4v) is 4.79. The minimum absolute atomic E-state index is 0.0402. The summed E-state index contributed by atoms with van der Waals surface area (Å²) in [6.45, 7) is 2.09. The Morgan fingerprint density at radius 3 is 2.53 bits per heavy atom. The molecule has 32 heavy (non-hydrogen) atoms. The molecule has 1 aromatic heterocycles. The zero-order valence-electron chi connectivity index (χ0n) is 17.4. The van der Waals surface area contributed by atoms with E-state index in [2.05, 4.69) is 15.5 Å². The molecule has 1 N–H and O–H groups in total. The Hall–Kier alpha value is -2.77. The summed E-state index contributed by atoms with van der Waals surface area (Å²) in [6, 6.07) is 12.4. The van der Waals surface area contributed by atoms with Crippen molar-refractivity contribution in [3.63, 3.8) is 0 Å². The van der Waals surface area contributed by atoms with Gasteiger partial charge in [-0.25, -0.2) is 0 Å². The van der Waals surface area contributed by atoms with E-state index in [4.69, 9.17) is 37.2 Å². The van der Waals surface area contributed by atoms with Crippen LogP contribution in [0.25, 0.3) is 0 Å². The van der Waals surface area contributed by atoms with Gasteiger partial charge in [-0.3, -0.25) is 4.79 Å². The largest absolute Gasteiger partial charge is 0.485 e. The van der Waals surface area contributed by atoms with Crippen LogP contribution in [-0.4, -0.2) is 28.2 Å². The summed E-state index contributed by atoms with van der Waals surface area (Å²) < 4.78 is 16.7. The molecule has 0 spiro atoms. The second-order valence-electron chi connectivity index (χ2n) is 8.60. The van der Waals surface area contributed by atoms with Gasteiger partial charge in [0.1, 0.15) is 11.5 Å². The first-order valence-electron chi connectivity index (χ1n) is 10.3. The summed E-state index contributed by atoms with van der Waals surface area (Å²) in [5, 5.41) is 8.39. The molecule has 7 nitrogen and oxygen atoms in total. The van der Waals surface area contributed by atoms with Crippen molar-refractivity contribution in [1.29, 1.82) is 0 Å². The Kier molecular flexibility index (Phi) is 5.26. The maximum Gasteiger partial charge on any atom is 0.258 e. The van der Waals surface area contributed by atoms with E-state index < -0.39 is 0 Å². The first-order valence-corrected chi connectivity index (χ1v) is 11.0. The van der Waals surface area contributed by atoms with E-state index in [1.807, 2.05) is 19.1 Å². The number of hydrogen-bond acceptors (Lipinski definition) is 6. The number of amides is 1. The van der Waals surface area contributed by atoms with Crippen molar-refractivity contribution in [2.45, 2.75) is 43.7 Å². The number of carbonyl (C=O) groups excluding carboxylic acids is 1. The molecule has 3 aromatic rings. The average Bonchev–Trinajstić information content (AvgIpc) is 3.19. The summed E-state index contributed by atoms with van der Waals surface area (Å²) in [4.78, 5) is 16.8. The van der Waals surface area contributed by atoms with Crippen molar-refractivity contribution >= 4 is 29.1 Å². The van der Waals surface area contributed by atoms with Gasteiger partial charge in [-0.2, -0.15) is 4.98 Å². The van der Waals surface area contributed by atoms with E-state index in [9.17, 15) is 4.79 Å². The number of benzene rings is 2. The zero-order chi connectivity index (χ0) is 22.3. The van der Waals surface area contributed by atoms with E-state index >= 15 is 0 Å². The van der Waals surface area contributed by atoms with Crippen LogP contribution >= 0.6 is 23.2 Å². The minimum atomic E-state index is -0.204. The Bertz CT molecular complexity index is 1140. The number of carbonyl (C=O) groups is 1. The summed E-state index contributed by atoms with van der Waals surface area (Å²) in [5.41, 5.74) is 0.634. The van der Waals surface area contributed by atoms with Crippen molar-refractivity contribution < 1.29 is 18.8 Å². The van der Waals surface area contributed by atoms with Crippen LogP contribution in [0.3, 0.4) is 0 Å². The highest BCUT2D eigenvalue weighted by molar-refractivity contribution is 6.31. The number of halogens is 2. The van der Waals surface area contributed by atoms with Crippen molar-refractivity contribution in [2.24, 2.45) is 0 Å². The summed E-state index contributed by atoms with van der Waals surface area (Å²) >= 11 is 12.0. The number of hydrogen-bond donors (Lipinski definition) is 1. The number of ether oxygens (including phenoxy) is 2. The second-order valence-corrected chi connectivity index (χ2v) is 9.44. The predicted molar refractivity (Wildman–Crippen MR) is 118 cm³/mol. The molecule has 0 unspecified atom stereocenters. The number of aromatic nitrogens is 2. The van der Waals surface area contributed by atoms with Gasteiger partial charge < -0.3 is 19.3 Å². The van der Waals surface area contributed by atoms with Gasteiger partial charge in [-0.05, 0) is 68.1 Å². The van der Waals surface area contributed by atoms with Crippen molar-refractivity contribution in [3.05, 3.63) is 69.8 Å². The van der Waals surface area contributed by atoms with E-state index in [0.29, 0.717) is 33.3 Å². The maximum atomic E-state index is 12.3. The summed E-state index contributed by atoms with van der Waals surface area (Å²) in [6.07, 6.45) is 2.34. The zero-order valence-corrected chi connectivity index (χ0v) is 18.9. The molecule has 0 aliphatic heterocycles. The molecule has 3 aliphatic rings. The highest BCUT2D eigenvalue weighted by atomic mass is 35.5. The van der Waals surface area contributed by atoms with Crippen LogP contribution in [0.15, 0.2) is 47.0 Å². The topological polar surface area (TPSA) is 86.5 Å². The van der Waals surface area contributed by atoms with Gasteiger partial charge in [0, 0.05) is 15.6 Å². The van der Waals surface area contributed by atoms with Crippen molar-refractivity contribution in [1.82, 2.24) is 15.5 Å². The highest BCUT2D eigenvalue weighted by Crippen LogP contribution is 2.67. The van der Waals surface area contributed by atoms with Gasteiger partial charge in [0.15, 0.2) is 13.2 Å². The third-order valence-corrected chi connectivity index (χ3v) is 6.71. The van der Waals surface area contributed by atoms with E-state index in [-0.39, 0.29) is 30.1 Å². The van der Waals surface area contributed by atoms with E-state index in [0.717, 1.165) is 24.8 Å². The molecule has 3 aliphatic carbocycles. The molecule has 3 saturated carbocycles. The van der Waals surface area contributed by atoms with Gasteiger partial charge >= 0.3 is 0 Å². The third-order valence-electron chi connectivity index (χ3n) is 6.05. The molecule has 6 rings (SSSR count). The lowest BCUT2D eigenvalue weighted by Crippen LogP contribution is -2.77. The normalized spacial score (nSPS) is 23.1. The lowest BCUT2D eigenvalue weighted by molar-refractivity contribution is -0.143. The predicted octanol–water partition coefficient (Wildman–Crippen LogP) is 4.63. The Labute approximate surface area is 195 Å². The van der Waals surface area contributed by atoms with Crippen LogP contribution in [-0.2, 0) is 16.8 Å². The Balaban J connectivity index is 1.10. The molecule has 3 fully saturated rings. The molecule has 1 amide bonds. The second kappa shape index (κ2) is 7.98. The van der Waals surface area contributed by atoms with E-state index in [1.54, 1.807) is 30.3 Å².